The van der Waals surface area contributed by atoms with Gasteiger partial charge in [0.05, 0.1) is 5.56 Å². The molecule has 104 valence electrons. The summed E-state index contributed by atoms with van der Waals surface area (Å²) in [7, 11) is 0. The predicted molar refractivity (Wildman–Crippen MR) is 81.6 cm³/mol. The van der Waals surface area contributed by atoms with Gasteiger partial charge in [-0.15, -0.1) is 11.8 Å². The predicted octanol–water partition coefficient (Wildman–Crippen LogP) is 2.89. The van der Waals surface area contributed by atoms with Crippen LogP contribution in [0.3, 0.4) is 0 Å². The highest BCUT2D eigenvalue weighted by molar-refractivity contribution is 7.99. The van der Waals surface area contributed by atoms with Crippen LogP contribution in [0.25, 0.3) is 11.1 Å². The quantitative estimate of drug-likeness (QED) is 0.843. The number of hydrogen-bond acceptors (Lipinski definition) is 6. The topological polar surface area (TPSA) is 107 Å². The van der Waals surface area contributed by atoms with Crippen molar-refractivity contribution < 1.29 is 5.11 Å². The molecule has 21 heavy (non-hydrogen) atoms. The van der Waals surface area contributed by atoms with E-state index >= 15 is 0 Å². The van der Waals surface area contributed by atoms with E-state index in [1.807, 2.05) is 13.0 Å². The molecule has 0 aliphatic heterocycles. The molecule has 0 amide bonds. The van der Waals surface area contributed by atoms with Gasteiger partial charge in [-0.1, -0.05) is 25.1 Å². The first-order valence-corrected chi connectivity index (χ1v) is 7.17. The molecule has 0 unspecified atom stereocenters. The van der Waals surface area contributed by atoms with E-state index in [0.717, 1.165) is 0 Å². The molecule has 0 atom stereocenters. The zero-order valence-electron chi connectivity index (χ0n) is 11.3. The fourth-order valence-electron chi connectivity index (χ4n) is 1.99. The number of pyridine rings is 1. The standard InChI is InChI=1S/C15H12N4OS/c1-2-21-15-11(8-17)13(10(7-16)14(18)19-15)9-5-3-4-6-12(9)20/h3-6,20H,2H2,1H3,(H2,18,19). The van der Waals surface area contributed by atoms with Crippen LogP contribution in [-0.4, -0.2) is 15.8 Å². The van der Waals surface area contributed by atoms with Gasteiger partial charge in [-0.25, -0.2) is 4.98 Å². The highest BCUT2D eigenvalue weighted by atomic mass is 32.2. The Kier molecular flexibility index (Phi) is 4.32. The molecule has 0 aliphatic carbocycles. The van der Waals surface area contributed by atoms with Gasteiger partial charge in [-0.2, -0.15) is 10.5 Å². The minimum atomic E-state index is -0.0106. The largest absolute Gasteiger partial charge is 0.507 e. The number of rotatable bonds is 3. The summed E-state index contributed by atoms with van der Waals surface area (Å²) in [4.78, 5) is 4.13. The van der Waals surface area contributed by atoms with E-state index in [1.54, 1.807) is 18.2 Å². The third-order valence-corrected chi connectivity index (χ3v) is 3.73. The van der Waals surface area contributed by atoms with E-state index in [-0.39, 0.29) is 22.7 Å². The number of phenolic OH excluding ortho intramolecular Hbond substituents is 1. The molecule has 0 saturated heterocycles. The molecule has 2 rings (SSSR count). The molecule has 1 aromatic carbocycles. The lowest BCUT2D eigenvalue weighted by Crippen LogP contribution is -2.03. The summed E-state index contributed by atoms with van der Waals surface area (Å²) in [5.74, 6) is 0.766. The van der Waals surface area contributed by atoms with Crippen LogP contribution in [-0.2, 0) is 0 Å². The van der Waals surface area contributed by atoms with E-state index in [9.17, 15) is 15.6 Å². The Hall–Kier alpha value is -2.70. The zero-order valence-corrected chi connectivity index (χ0v) is 12.1. The highest BCUT2D eigenvalue weighted by Gasteiger charge is 2.21. The summed E-state index contributed by atoms with van der Waals surface area (Å²) in [6.45, 7) is 1.93. The van der Waals surface area contributed by atoms with Gasteiger partial charge < -0.3 is 10.8 Å². The number of anilines is 1. The second kappa shape index (κ2) is 6.17. The lowest BCUT2D eigenvalue weighted by molar-refractivity contribution is 0.477. The van der Waals surface area contributed by atoms with Crippen LogP contribution in [0.5, 0.6) is 5.75 Å². The molecule has 2 aromatic rings. The monoisotopic (exact) mass is 296 g/mol. The van der Waals surface area contributed by atoms with Gasteiger partial charge >= 0.3 is 0 Å². The minimum Gasteiger partial charge on any atom is -0.507 e. The Morgan fingerprint density at radius 1 is 1.24 bits per heavy atom. The molecular formula is C15H12N4OS. The van der Waals surface area contributed by atoms with Gasteiger partial charge in [-0.3, -0.25) is 0 Å². The highest BCUT2D eigenvalue weighted by Crippen LogP contribution is 2.39. The van der Waals surface area contributed by atoms with E-state index in [1.165, 1.54) is 17.8 Å². The lowest BCUT2D eigenvalue weighted by atomic mass is 9.96. The first kappa shape index (κ1) is 14.7. The molecular weight excluding hydrogens is 284 g/mol. The Balaban J connectivity index is 2.89. The average molecular weight is 296 g/mol. The van der Waals surface area contributed by atoms with Gasteiger partial charge in [0.25, 0.3) is 0 Å². The number of aromatic nitrogens is 1. The van der Waals surface area contributed by atoms with Crippen LogP contribution in [0.2, 0.25) is 0 Å². The smallest absolute Gasteiger partial charge is 0.143 e. The third-order valence-electron chi connectivity index (χ3n) is 2.87. The van der Waals surface area contributed by atoms with Gasteiger partial charge in [0, 0.05) is 11.1 Å². The molecule has 1 aromatic heterocycles. The van der Waals surface area contributed by atoms with E-state index in [4.69, 9.17) is 5.73 Å². The summed E-state index contributed by atoms with van der Waals surface area (Å²) >= 11 is 1.37. The maximum atomic E-state index is 10.0. The minimum absolute atomic E-state index is 0.0106. The van der Waals surface area contributed by atoms with Crippen molar-refractivity contribution in [3.63, 3.8) is 0 Å². The van der Waals surface area contributed by atoms with Gasteiger partial charge in [0.2, 0.25) is 0 Å². The number of thioether (sulfide) groups is 1. The molecule has 0 bridgehead atoms. The molecule has 1 heterocycles. The molecule has 0 saturated carbocycles. The van der Waals surface area contributed by atoms with Crippen molar-refractivity contribution in [3.8, 4) is 29.0 Å². The second-order valence-electron chi connectivity index (χ2n) is 4.10. The molecule has 0 aliphatic rings. The van der Waals surface area contributed by atoms with Crippen LogP contribution in [0, 0.1) is 22.7 Å². The van der Waals surface area contributed by atoms with Crippen molar-refractivity contribution in [2.45, 2.75) is 11.9 Å². The Bertz CT molecular complexity index is 774. The normalized spacial score (nSPS) is 9.86. The van der Waals surface area contributed by atoms with Gasteiger partial charge in [0.15, 0.2) is 0 Å². The second-order valence-corrected chi connectivity index (χ2v) is 5.35. The van der Waals surface area contributed by atoms with Crippen molar-refractivity contribution >= 4 is 17.6 Å². The number of phenols is 1. The van der Waals surface area contributed by atoms with E-state index in [0.29, 0.717) is 21.9 Å². The Morgan fingerprint density at radius 2 is 1.90 bits per heavy atom. The Morgan fingerprint density at radius 3 is 2.48 bits per heavy atom. The number of para-hydroxylation sites is 1. The first-order chi connectivity index (χ1) is 10.1. The van der Waals surface area contributed by atoms with Crippen LogP contribution < -0.4 is 5.73 Å². The first-order valence-electron chi connectivity index (χ1n) is 6.18. The van der Waals surface area contributed by atoms with E-state index in [2.05, 4.69) is 11.1 Å². The zero-order chi connectivity index (χ0) is 15.4. The van der Waals surface area contributed by atoms with Gasteiger partial charge in [-0.05, 0) is 11.8 Å². The summed E-state index contributed by atoms with van der Waals surface area (Å²) < 4.78 is 0. The fourth-order valence-corrected chi connectivity index (χ4v) is 2.72. The summed E-state index contributed by atoms with van der Waals surface area (Å²) in [5, 5.41) is 29.3. The molecule has 5 nitrogen and oxygen atoms in total. The number of aromatic hydroxyl groups is 1. The van der Waals surface area contributed by atoms with E-state index < -0.39 is 0 Å². The number of nitrogens with two attached hydrogens (primary N) is 1. The van der Waals surface area contributed by atoms with Crippen molar-refractivity contribution in [1.82, 2.24) is 4.98 Å². The summed E-state index contributed by atoms with van der Waals surface area (Å²) in [6.07, 6.45) is 0. The molecule has 0 radical (unpaired) electrons. The summed E-state index contributed by atoms with van der Waals surface area (Å²) in [5.41, 5.74) is 6.93. The van der Waals surface area contributed by atoms with Crippen molar-refractivity contribution in [2.24, 2.45) is 0 Å². The maximum Gasteiger partial charge on any atom is 0.143 e. The number of benzene rings is 1. The van der Waals surface area contributed by atoms with Crippen LogP contribution in [0.4, 0.5) is 5.82 Å². The summed E-state index contributed by atoms with van der Waals surface area (Å²) in [6, 6.07) is 10.6. The van der Waals surface area contributed by atoms with Crippen molar-refractivity contribution in [1.29, 1.82) is 10.5 Å². The maximum absolute atomic E-state index is 10.0. The molecule has 3 N–H and O–H groups in total. The number of nitrogens with zero attached hydrogens (tertiary/aromatic N) is 3. The van der Waals surface area contributed by atoms with Crippen molar-refractivity contribution in [2.75, 3.05) is 11.5 Å². The number of nitriles is 2. The SMILES string of the molecule is CCSc1nc(N)c(C#N)c(-c2ccccc2O)c1C#N. The average Bonchev–Trinajstić information content (AvgIpc) is 2.47. The van der Waals surface area contributed by atoms with Crippen LogP contribution in [0.1, 0.15) is 18.1 Å². The fraction of sp³-hybridized carbons (Fsp3) is 0.133. The van der Waals surface area contributed by atoms with Gasteiger partial charge in [0.1, 0.15) is 34.3 Å². The van der Waals surface area contributed by atoms with Crippen molar-refractivity contribution in [3.05, 3.63) is 35.4 Å². The number of nitrogen functional groups attached to an aromatic ring is 1. The molecule has 0 spiro atoms. The number of hydrogen-bond donors (Lipinski definition) is 2. The van der Waals surface area contributed by atoms with Crippen LogP contribution >= 0.6 is 11.8 Å². The third kappa shape index (κ3) is 2.62. The molecule has 0 fully saturated rings. The molecule has 6 heteroatoms. The Labute approximate surface area is 126 Å². The van der Waals surface area contributed by atoms with Crippen LogP contribution in [0.15, 0.2) is 29.3 Å². The lowest BCUT2D eigenvalue weighted by Gasteiger charge is -2.13.